The van der Waals surface area contributed by atoms with E-state index in [4.69, 9.17) is 22.7 Å². The standard InChI is InChI=1S/C8H15NOS/c1-8(2)4-3-6(10-8)5-7(9)11/h6H,3-5H2,1-2H3,(H2,9,11). The van der Waals surface area contributed by atoms with Crippen LogP contribution in [0.2, 0.25) is 0 Å². The van der Waals surface area contributed by atoms with Gasteiger partial charge in [-0.1, -0.05) is 12.2 Å². The van der Waals surface area contributed by atoms with Crippen LogP contribution < -0.4 is 5.73 Å². The molecule has 0 aromatic carbocycles. The Morgan fingerprint density at radius 3 is 2.73 bits per heavy atom. The molecule has 0 spiro atoms. The topological polar surface area (TPSA) is 35.2 Å². The lowest BCUT2D eigenvalue weighted by atomic mass is 10.0. The summed E-state index contributed by atoms with van der Waals surface area (Å²) in [5.41, 5.74) is 5.45. The van der Waals surface area contributed by atoms with Crippen molar-refractivity contribution in [3.05, 3.63) is 0 Å². The molecule has 0 radical (unpaired) electrons. The van der Waals surface area contributed by atoms with Gasteiger partial charge in [0.2, 0.25) is 0 Å². The summed E-state index contributed by atoms with van der Waals surface area (Å²) in [7, 11) is 0. The second-order valence-corrected chi connectivity index (χ2v) is 4.23. The van der Waals surface area contributed by atoms with Crippen LogP contribution in [-0.2, 0) is 4.74 Å². The minimum atomic E-state index is 0.0372. The van der Waals surface area contributed by atoms with Crippen LogP contribution in [0.25, 0.3) is 0 Å². The number of thiocarbonyl (C=S) groups is 1. The molecule has 0 saturated carbocycles. The molecule has 11 heavy (non-hydrogen) atoms. The minimum Gasteiger partial charge on any atom is -0.393 e. The Labute approximate surface area is 73.1 Å². The summed E-state index contributed by atoms with van der Waals surface area (Å²) in [6, 6.07) is 0. The van der Waals surface area contributed by atoms with E-state index in [-0.39, 0.29) is 11.7 Å². The van der Waals surface area contributed by atoms with Crippen LogP contribution in [0.15, 0.2) is 0 Å². The van der Waals surface area contributed by atoms with Gasteiger partial charge in [-0.3, -0.25) is 0 Å². The monoisotopic (exact) mass is 173 g/mol. The van der Waals surface area contributed by atoms with Crippen LogP contribution in [0.5, 0.6) is 0 Å². The van der Waals surface area contributed by atoms with E-state index in [0.29, 0.717) is 4.99 Å². The third kappa shape index (κ3) is 2.75. The van der Waals surface area contributed by atoms with Crippen LogP contribution >= 0.6 is 12.2 Å². The summed E-state index contributed by atoms with van der Waals surface area (Å²) < 4.78 is 5.69. The maximum absolute atomic E-state index is 5.69. The molecule has 1 rings (SSSR count). The van der Waals surface area contributed by atoms with E-state index in [1.807, 2.05) is 0 Å². The van der Waals surface area contributed by atoms with Crippen molar-refractivity contribution in [3.8, 4) is 0 Å². The van der Waals surface area contributed by atoms with Crippen molar-refractivity contribution < 1.29 is 4.74 Å². The largest absolute Gasteiger partial charge is 0.393 e. The van der Waals surface area contributed by atoms with E-state index in [0.717, 1.165) is 19.3 Å². The van der Waals surface area contributed by atoms with Gasteiger partial charge in [-0.05, 0) is 26.7 Å². The second kappa shape index (κ2) is 3.07. The van der Waals surface area contributed by atoms with Gasteiger partial charge in [0.25, 0.3) is 0 Å². The molecule has 0 amide bonds. The fraction of sp³-hybridized carbons (Fsp3) is 0.875. The lowest BCUT2D eigenvalue weighted by Crippen LogP contribution is -2.23. The Morgan fingerprint density at radius 1 is 1.73 bits per heavy atom. The number of hydrogen-bond acceptors (Lipinski definition) is 2. The Kier molecular flexibility index (Phi) is 2.50. The highest BCUT2D eigenvalue weighted by atomic mass is 32.1. The molecule has 1 fully saturated rings. The van der Waals surface area contributed by atoms with Gasteiger partial charge in [-0.15, -0.1) is 0 Å². The van der Waals surface area contributed by atoms with Crippen LogP contribution in [0.4, 0.5) is 0 Å². The van der Waals surface area contributed by atoms with Crippen molar-refractivity contribution in [1.29, 1.82) is 0 Å². The van der Waals surface area contributed by atoms with E-state index in [2.05, 4.69) is 13.8 Å². The van der Waals surface area contributed by atoms with Gasteiger partial charge in [-0.25, -0.2) is 0 Å². The Morgan fingerprint density at radius 2 is 2.36 bits per heavy atom. The van der Waals surface area contributed by atoms with Gasteiger partial charge in [0.15, 0.2) is 0 Å². The molecule has 0 aromatic rings. The van der Waals surface area contributed by atoms with Gasteiger partial charge in [0.1, 0.15) is 0 Å². The van der Waals surface area contributed by atoms with E-state index < -0.39 is 0 Å². The first-order valence-corrected chi connectivity index (χ1v) is 4.36. The average molecular weight is 173 g/mol. The quantitative estimate of drug-likeness (QED) is 0.644. The zero-order chi connectivity index (χ0) is 8.48. The van der Waals surface area contributed by atoms with E-state index >= 15 is 0 Å². The number of ether oxygens (including phenoxy) is 1. The summed E-state index contributed by atoms with van der Waals surface area (Å²) in [6.45, 7) is 4.21. The molecule has 2 N–H and O–H groups in total. The Hall–Kier alpha value is -0.150. The van der Waals surface area contributed by atoms with E-state index in [1.54, 1.807) is 0 Å². The summed E-state index contributed by atoms with van der Waals surface area (Å²) in [5.74, 6) is 0. The molecule has 2 nitrogen and oxygen atoms in total. The molecular formula is C8H15NOS. The Bertz CT molecular complexity index is 167. The van der Waals surface area contributed by atoms with Gasteiger partial charge in [0.05, 0.1) is 16.7 Å². The SMILES string of the molecule is CC1(C)CCC(CC(N)=S)O1. The third-order valence-electron chi connectivity index (χ3n) is 1.98. The number of hydrogen-bond donors (Lipinski definition) is 1. The molecule has 0 aromatic heterocycles. The van der Waals surface area contributed by atoms with Crippen molar-refractivity contribution in [2.24, 2.45) is 5.73 Å². The molecule has 64 valence electrons. The minimum absolute atomic E-state index is 0.0372. The average Bonchev–Trinajstić information content (AvgIpc) is 2.08. The van der Waals surface area contributed by atoms with Gasteiger partial charge >= 0.3 is 0 Å². The molecule has 1 heterocycles. The van der Waals surface area contributed by atoms with Gasteiger partial charge < -0.3 is 10.5 Å². The van der Waals surface area contributed by atoms with Gasteiger partial charge in [0, 0.05) is 6.42 Å². The highest BCUT2D eigenvalue weighted by Crippen LogP contribution is 2.30. The number of nitrogens with two attached hydrogens (primary N) is 1. The fourth-order valence-electron chi connectivity index (χ4n) is 1.45. The maximum Gasteiger partial charge on any atom is 0.0753 e. The van der Waals surface area contributed by atoms with Crippen LogP contribution in [0, 0.1) is 0 Å². The normalized spacial score (nSPS) is 28.7. The first-order chi connectivity index (χ1) is 4.99. The zero-order valence-corrected chi connectivity index (χ0v) is 7.91. The molecular weight excluding hydrogens is 158 g/mol. The van der Waals surface area contributed by atoms with Crippen LogP contribution in [0.3, 0.4) is 0 Å². The summed E-state index contributed by atoms with van der Waals surface area (Å²) in [4.78, 5) is 0.563. The molecule has 1 aliphatic heterocycles. The van der Waals surface area contributed by atoms with Crippen molar-refractivity contribution >= 4 is 17.2 Å². The fourth-order valence-corrected chi connectivity index (χ4v) is 1.63. The molecule has 3 heteroatoms. The molecule has 1 atom stereocenters. The zero-order valence-electron chi connectivity index (χ0n) is 7.09. The summed E-state index contributed by atoms with van der Waals surface area (Å²) in [5, 5.41) is 0. The van der Waals surface area contributed by atoms with Crippen molar-refractivity contribution in [3.63, 3.8) is 0 Å². The smallest absolute Gasteiger partial charge is 0.0753 e. The molecule has 0 aliphatic carbocycles. The molecule has 1 unspecified atom stereocenters. The molecule has 1 aliphatic rings. The van der Waals surface area contributed by atoms with Crippen molar-refractivity contribution in [1.82, 2.24) is 0 Å². The number of rotatable bonds is 2. The van der Waals surface area contributed by atoms with Crippen molar-refractivity contribution in [2.45, 2.75) is 44.8 Å². The predicted octanol–water partition coefficient (Wildman–Crippen LogP) is 1.62. The van der Waals surface area contributed by atoms with Crippen LogP contribution in [0.1, 0.15) is 33.1 Å². The highest BCUT2D eigenvalue weighted by molar-refractivity contribution is 7.80. The lowest BCUT2D eigenvalue weighted by Gasteiger charge is -2.18. The lowest BCUT2D eigenvalue weighted by molar-refractivity contribution is -0.0115. The van der Waals surface area contributed by atoms with Gasteiger partial charge in [-0.2, -0.15) is 0 Å². The second-order valence-electron chi connectivity index (χ2n) is 3.71. The maximum atomic E-state index is 5.69. The van der Waals surface area contributed by atoms with Crippen molar-refractivity contribution in [2.75, 3.05) is 0 Å². The molecule has 1 saturated heterocycles. The van der Waals surface area contributed by atoms with E-state index in [9.17, 15) is 0 Å². The predicted molar refractivity (Wildman–Crippen MR) is 49.6 cm³/mol. The third-order valence-corrected chi connectivity index (χ3v) is 2.15. The molecule has 0 bridgehead atoms. The first kappa shape index (κ1) is 8.94. The highest BCUT2D eigenvalue weighted by Gasteiger charge is 2.31. The van der Waals surface area contributed by atoms with E-state index in [1.165, 1.54) is 0 Å². The van der Waals surface area contributed by atoms with Crippen LogP contribution in [-0.4, -0.2) is 16.7 Å². The summed E-state index contributed by atoms with van der Waals surface area (Å²) >= 11 is 4.80. The Balaban J connectivity index is 2.36. The summed E-state index contributed by atoms with van der Waals surface area (Å²) in [6.07, 6.45) is 3.20. The first-order valence-electron chi connectivity index (χ1n) is 3.96.